The van der Waals surface area contributed by atoms with Crippen molar-refractivity contribution < 1.29 is 13.9 Å². The van der Waals surface area contributed by atoms with Crippen LogP contribution < -0.4 is 5.32 Å². The molecule has 0 spiro atoms. The number of hydrogen-bond acceptors (Lipinski definition) is 4. The number of ether oxygens (including phenoxy) is 1. The SMILES string of the molecule is CC(C)(C)OC(=O)N1CCC(c2nc(-c3ccc(F)c(Cl)c3)cn2[C@H](Cc2ccccc2)C2CCCN2)CC1. The lowest BCUT2D eigenvalue weighted by atomic mass is 9.93. The Labute approximate surface area is 235 Å². The van der Waals surface area contributed by atoms with Crippen LogP contribution in [0.2, 0.25) is 5.02 Å². The van der Waals surface area contributed by atoms with E-state index in [1.54, 1.807) is 17.0 Å². The normalized spacial score (nSPS) is 19.3. The summed E-state index contributed by atoms with van der Waals surface area (Å²) >= 11 is 6.16. The number of amides is 1. The summed E-state index contributed by atoms with van der Waals surface area (Å²) in [6, 6.07) is 15.9. The van der Waals surface area contributed by atoms with Crippen molar-refractivity contribution in [3.63, 3.8) is 0 Å². The summed E-state index contributed by atoms with van der Waals surface area (Å²) in [6.45, 7) is 7.92. The number of carbonyl (C=O) groups is 1. The first-order valence-corrected chi connectivity index (χ1v) is 14.3. The average molecular weight is 553 g/mol. The Morgan fingerprint density at radius 2 is 1.90 bits per heavy atom. The summed E-state index contributed by atoms with van der Waals surface area (Å²) in [5, 5.41) is 3.82. The van der Waals surface area contributed by atoms with E-state index in [0.717, 1.165) is 55.7 Å². The van der Waals surface area contributed by atoms with Gasteiger partial charge < -0.3 is 19.5 Å². The molecule has 0 aliphatic carbocycles. The summed E-state index contributed by atoms with van der Waals surface area (Å²) < 4.78 is 21.9. The van der Waals surface area contributed by atoms with E-state index in [1.165, 1.54) is 11.6 Å². The molecule has 0 radical (unpaired) electrons. The largest absolute Gasteiger partial charge is 0.444 e. The second kappa shape index (κ2) is 11.7. The fraction of sp³-hybridized carbons (Fsp3) is 0.484. The van der Waals surface area contributed by atoms with Crippen molar-refractivity contribution >= 4 is 17.7 Å². The number of likely N-dealkylation sites (tertiary alicyclic amines) is 1. The first kappa shape index (κ1) is 27.7. The molecule has 1 unspecified atom stereocenters. The number of piperidine rings is 1. The molecule has 2 aromatic carbocycles. The molecule has 2 aliphatic rings. The van der Waals surface area contributed by atoms with Gasteiger partial charge in [0.05, 0.1) is 16.8 Å². The van der Waals surface area contributed by atoms with Gasteiger partial charge in [0.2, 0.25) is 0 Å². The zero-order valence-electron chi connectivity index (χ0n) is 23.0. The molecule has 1 N–H and O–H groups in total. The molecule has 2 saturated heterocycles. The molecule has 0 bridgehead atoms. The average Bonchev–Trinajstić information content (AvgIpc) is 3.60. The molecule has 0 saturated carbocycles. The smallest absolute Gasteiger partial charge is 0.410 e. The van der Waals surface area contributed by atoms with Gasteiger partial charge in [-0.1, -0.05) is 41.9 Å². The molecule has 2 atom stereocenters. The summed E-state index contributed by atoms with van der Waals surface area (Å²) in [6.07, 6.45) is 6.59. The number of hydrogen-bond donors (Lipinski definition) is 1. The Kier molecular flexibility index (Phi) is 8.29. The minimum Gasteiger partial charge on any atom is -0.444 e. The molecule has 8 heteroatoms. The summed E-state index contributed by atoms with van der Waals surface area (Å²) in [7, 11) is 0. The van der Waals surface area contributed by atoms with Crippen molar-refractivity contribution in [2.45, 2.75) is 76.5 Å². The van der Waals surface area contributed by atoms with Crippen LogP contribution in [0.25, 0.3) is 11.3 Å². The Balaban J connectivity index is 1.48. The zero-order chi connectivity index (χ0) is 27.6. The number of carbonyl (C=O) groups excluding carboxylic acids is 1. The highest BCUT2D eigenvalue weighted by Gasteiger charge is 2.34. The van der Waals surface area contributed by atoms with Gasteiger partial charge in [-0.2, -0.15) is 0 Å². The monoisotopic (exact) mass is 552 g/mol. The second-order valence-electron chi connectivity index (χ2n) is 11.7. The van der Waals surface area contributed by atoms with Crippen molar-refractivity contribution in [1.29, 1.82) is 0 Å². The van der Waals surface area contributed by atoms with Gasteiger partial charge in [0.15, 0.2) is 0 Å². The molecule has 2 fully saturated rings. The third-order valence-electron chi connectivity index (χ3n) is 7.70. The fourth-order valence-electron chi connectivity index (χ4n) is 5.75. The van der Waals surface area contributed by atoms with E-state index in [0.29, 0.717) is 19.1 Å². The third-order valence-corrected chi connectivity index (χ3v) is 7.99. The van der Waals surface area contributed by atoms with Crippen LogP contribution in [0.1, 0.15) is 69.8 Å². The van der Waals surface area contributed by atoms with Crippen LogP contribution >= 0.6 is 11.6 Å². The maximum absolute atomic E-state index is 14.0. The lowest BCUT2D eigenvalue weighted by molar-refractivity contribution is 0.0202. The van der Waals surface area contributed by atoms with Crippen molar-refractivity contribution in [2.75, 3.05) is 19.6 Å². The van der Waals surface area contributed by atoms with Gasteiger partial charge in [-0.15, -0.1) is 0 Å². The zero-order valence-corrected chi connectivity index (χ0v) is 23.8. The number of nitrogens with zero attached hydrogens (tertiary/aromatic N) is 3. The molecule has 1 aromatic heterocycles. The van der Waals surface area contributed by atoms with Crippen LogP contribution in [0.4, 0.5) is 9.18 Å². The van der Waals surface area contributed by atoms with Gasteiger partial charge in [-0.05, 0) is 83.2 Å². The van der Waals surface area contributed by atoms with E-state index in [-0.39, 0.29) is 23.1 Å². The number of imidazole rings is 1. The van der Waals surface area contributed by atoms with Crippen LogP contribution in [0.15, 0.2) is 54.7 Å². The van der Waals surface area contributed by atoms with Crippen LogP contribution in [-0.2, 0) is 11.2 Å². The van der Waals surface area contributed by atoms with Gasteiger partial charge >= 0.3 is 6.09 Å². The van der Waals surface area contributed by atoms with Gasteiger partial charge in [-0.25, -0.2) is 14.2 Å². The highest BCUT2D eigenvalue weighted by atomic mass is 35.5. The summed E-state index contributed by atoms with van der Waals surface area (Å²) in [4.78, 5) is 19.6. The Bertz CT molecular complexity index is 1280. The Hall–Kier alpha value is -2.90. The quantitative estimate of drug-likeness (QED) is 0.358. The Morgan fingerprint density at radius 3 is 2.54 bits per heavy atom. The highest BCUT2D eigenvalue weighted by molar-refractivity contribution is 6.31. The molecule has 1 amide bonds. The molecule has 5 rings (SSSR count). The van der Waals surface area contributed by atoms with E-state index in [2.05, 4.69) is 40.3 Å². The lowest BCUT2D eigenvalue weighted by Gasteiger charge is -2.34. The molecule has 3 aromatic rings. The van der Waals surface area contributed by atoms with Crippen molar-refractivity contribution in [2.24, 2.45) is 0 Å². The van der Waals surface area contributed by atoms with Crippen molar-refractivity contribution in [1.82, 2.24) is 19.8 Å². The third kappa shape index (κ3) is 6.64. The predicted molar refractivity (Wildman–Crippen MR) is 153 cm³/mol. The van der Waals surface area contributed by atoms with E-state index in [4.69, 9.17) is 21.3 Å². The summed E-state index contributed by atoms with van der Waals surface area (Å²) in [5.74, 6) is 0.767. The standard InChI is InChI=1S/C31H38ClFN4O2/c1-31(2,3)39-30(38)36-16-13-22(14-17-36)29-35-27(23-11-12-25(33)24(32)19-23)20-37(29)28(26-10-7-15-34-26)18-21-8-5-4-6-9-21/h4-6,8-9,11-12,19-20,22,26,28,34H,7,10,13-18H2,1-3H3/t26?,28-/m1/s1. The molecule has 3 heterocycles. The number of nitrogens with one attached hydrogen (secondary N) is 1. The summed E-state index contributed by atoms with van der Waals surface area (Å²) in [5.41, 5.74) is 2.35. The molecular formula is C31H38ClFN4O2. The van der Waals surface area contributed by atoms with E-state index < -0.39 is 11.4 Å². The highest BCUT2D eigenvalue weighted by Crippen LogP contribution is 2.36. The van der Waals surface area contributed by atoms with Gasteiger partial charge in [0.25, 0.3) is 0 Å². The van der Waals surface area contributed by atoms with Crippen LogP contribution in [-0.4, -0.2) is 51.8 Å². The minimum atomic E-state index is -0.519. The van der Waals surface area contributed by atoms with Crippen LogP contribution in [0.3, 0.4) is 0 Å². The molecule has 208 valence electrons. The minimum absolute atomic E-state index is 0.0903. The number of aromatic nitrogens is 2. The molecule has 6 nitrogen and oxygen atoms in total. The number of benzene rings is 2. The first-order chi connectivity index (χ1) is 18.7. The van der Waals surface area contributed by atoms with E-state index >= 15 is 0 Å². The van der Waals surface area contributed by atoms with Crippen LogP contribution in [0.5, 0.6) is 0 Å². The second-order valence-corrected chi connectivity index (χ2v) is 12.1. The van der Waals surface area contributed by atoms with Gasteiger partial charge in [0, 0.05) is 36.8 Å². The van der Waals surface area contributed by atoms with Crippen LogP contribution in [0, 0.1) is 5.82 Å². The van der Waals surface area contributed by atoms with E-state index in [9.17, 15) is 9.18 Å². The van der Waals surface area contributed by atoms with Crippen molar-refractivity contribution in [3.8, 4) is 11.3 Å². The molecular weight excluding hydrogens is 515 g/mol. The molecule has 39 heavy (non-hydrogen) atoms. The first-order valence-electron chi connectivity index (χ1n) is 14.0. The maximum atomic E-state index is 14.0. The van der Waals surface area contributed by atoms with E-state index in [1.807, 2.05) is 26.8 Å². The Morgan fingerprint density at radius 1 is 1.15 bits per heavy atom. The fourth-order valence-corrected chi connectivity index (χ4v) is 5.93. The number of halogens is 2. The maximum Gasteiger partial charge on any atom is 0.410 e. The molecule has 2 aliphatic heterocycles. The van der Waals surface area contributed by atoms with Gasteiger partial charge in [0.1, 0.15) is 17.2 Å². The predicted octanol–water partition coefficient (Wildman–Crippen LogP) is 6.99. The van der Waals surface area contributed by atoms with Gasteiger partial charge in [-0.3, -0.25) is 0 Å². The number of rotatable bonds is 6. The lowest BCUT2D eigenvalue weighted by Crippen LogP contribution is -2.42. The topological polar surface area (TPSA) is 59.4 Å². The van der Waals surface area contributed by atoms with Crippen molar-refractivity contribution in [3.05, 3.63) is 77.0 Å².